The van der Waals surface area contributed by atoms with Gasteiger partial charge in [0.05, 0.1) is 26.5 Å². The largest absolute Gasteiger partial charge is 0.354 e. The molecule has 0 aromatic carbocycles. The third-order valence-corrected chi connectivity index (χ3v) is 5.04. The number of nitrogens with zero attached hydrogens (tertiary/aromatic N) is 4. The Morgan fingerprint density at radius 3 is 2.71 bits per heavy atom. The number of carbonyl (C=O) groups is 1. The van der Waals surface area contributed by atoms with Crippen molar-refractivity contribution in [1.82, 2.24) is 20.5 Å². The zero-order chi connectivity index (χ0) is 17.9. The van der Waals surface area contributed by atoms with E-state index in [1.165, 1.54) is 26.4 Å². The van der Waals surface area contributed by atoms with Crippen LogP contribution in [-0.4, -0.2) is 45.6 Å². The van der Waals surface area contributed by atoms with Gasteiger partial charge in [-0.2, -0.15) is 0 Å². The van der Waals surface area contributed by atoms with E-state index in [-0.39, 0.29) is 27.2 Å². The highest BCUT2D eigenvalue weighted by molar-refractivity contribution is 7.93. The first-order valence-corrected chi connectivity index (χ1v) is 8.86. The van der Waals surface area contributed by atoms with E-state index in [4.69, 9.17) is 11.6 Å². The van der Waals surface area contributed by atoms with Gasteiger partial charge in [0.1, 0.15) is 11.6 Å². The topological polar surface area (TPSA) is 109 Å². The summed E-state index contributed by atoms with van der Waals surface area (Å²) in [5, 5.41) is 12.6. The Balaban J connectivity index is 2.60. The average molecular weight is 373 g/mol. The van der Waals surface area contributed by atoms with Gasteiger partial charge >= 0.3 is 0 Å². The van der Waals surface area contributed by atoms with Crippen molar-refractivity contribution in [3.05, 3.63) is 35.0 Å². The highest BCUT2D eigenvalue weighted by Gasteiger charge is 2.19. The SMILES string of the molecule is CN=S(C)(=O)c1cc(F)cnc1Nc1cc(Cl)nnc1C(=O)NC. The molecule has 1 amide bonds. The summed E-state index contributed by atoms with van der Waals surface area (Å²) in [6, 6.07) is 2.43. The van der Waals surface area contributed by atoms with Crippen LogP contribution in [0.2, 0.25) is 5.15 Å². The van der Waals surface area contributed by atoms with Crippen LogP contribution in [-0.2, 0) is 9.73 Å². The van der Waals surface area contributed by atoms with Crippen molar-refractivity contribution < 1.29 is 13.4 Å². The van der Waals surface area contributed by atoms with Crippen LogP contribution in [0.4, 0.5) is 15.9 Å². The molecule has 0 radical (unpaired) electrons. The molecule has 2 aromatic heterocycles. The number of amides is 1. The van der Waals surface area contributed by atoms with Gasteiger partial charge in [-0.3, -0.25) is 4.79 Å². The minimum absolute atomic E-state index is 0.0335. The molecule has 11 heteroatoms. The summed E-state index contributed by atoms with van der Waals surface area (Å²) in [4.78, 5) is 15.8. The van der Waals surface area contributed by atoms with Crippen molar-refractivity contribution in [2.24, 2.45) is 4.36 Å². The van der Waals surface area contributed by atoms with Crippen molar-refractivity contribution in [2.45, 2.75) is 4.90 Å². The van der Waals surface area contributed by atoms with Crippen molar-refractivity contribution in [3.63, 3.8) is 0 Å². The summed E-state index contributed by atoms with van der Waals surface area (Å²) in [5.74, 6) is -1.10. The van der Waals surface area contributed by atoms with Gasteiger partial charge in [0.25, 0.3) is 5.91 Å². The molecule has 0 spiro atoms. The van der Waals surface area contributed by atoms with Crippen LogP contribution in [0.5, 0.6) is 0 Å². The van der Waals surface area contributed by atoms with E-state index in [2.05, 4.69) is 30.2 Å². The Hall–Kier alpha value is -2.33. The summed E-state index contributed by atoms with van der Waals surface area (Å²) in [6.45, 7) is 0. The summed E-state index contributed by atoms with van der Waals surface area (Å²) >= 11 is 5.81. The van der Waals surface area contributed by atoms with E-state index >= 15 is 0 Å². The normalized spacial score (nSPS) is 13.0. The van der Waals surface area contributed by atoms with E-state index in [1.807, 2.05) is 0 Å². The van der Waals surface area contributed by atoms with Crippen LogP contribution in [0.3, 0.4) is 0 Å². The van der Waals surface area contributed by atoms with Crippen molar-refractivity contribution >= 4 is 38.7 Å². The molecular formula is C13H14ClFN6O2S. The lowest BCUT2D eigenvalue weighted by Gasteiger charge is -2.13. The molecule has 1 unspecified atom stereocenters. The van der Waals surface area contributed by atoms with Crippen LogP contribution in [0.1, 0.15) is 10.5 Å². The second-order valence-electron chi connectivity index (χ2n) is 4.62. The minimum Gasteiger partial charge on any atom is -0.354 e. The van der Waals surface area contributed by atoms with Gasteiger partial charge in [-0.15, -0.1) is 10.2 Å². The molecular weight excluding hydrogens is 359 g/mol. The average Bonchev–Trinajstić information content (AvgIpc) is 2.56. The molecule has 8 nitrogen and oxygen atoms in total. The molecule has 2 rings (SSSR count). The summed E-state index contributed by atoms with van der Waals surface area (Å²) in [6.07, 6.45) is 2.30. The Labute approximate surface area is 143 Å². The van der Waals surface area contributed by atoms with Crippen LogP contribution in [0.15, 0.2) is 27.6 Å². The van der Waals surface area contributed by atoms with Crippen molar-refractivity contribution in [2.75, 3.05) is 25.7 Å². The van der Waals surface area contributed by atoms with Gasteiger partial charge in [0.2, 0.25) is 0 Å². The van der Waals surface area contributed by atoms with E-state index in [0.717, 1.165) is 12.3 Å². The fourth-order valence-electron chi connectivity index (χ4n) is 1.78. The summed E-state index contributed by atoms with van der Waals surface area (Å²) in [5.41, 5.74) is 0.135. The fourth-order valence-corrected chi connectivity index (χ4v) is 2.92. The highest BCUT2D eigenvalue weighted by Crippen LogP contribution is 2.27. The summed E-state index contributed by atoms with van der Waals surface area (Å²) in [7, 11) is -0.0915. The van der Waals surface area contributed by atoms with Gasteiger partial charge in [0, 0.05) is 26.4 Å². The number of hydrogen-bond donors (Lipinski definition) is 2. The van der Waals surface area contributed by atoms with Gasteiger partial charge in [0.15, 0.2) is 10.8 Å². The maximum Gasteiger partial charge on any atom is 0.273 e. The molecule has 0 fully saturated rings. The molecule has 0 bridgehead atoms. The van der Waals surface area contributed by atoms with Crippen LogP contribution in [0.25, 0.3) is 0 Å². The quantitative estimate of drug-likeness (QED) is 0.847. The standard InChI is InChI=1S/C13H14ClFN6O2S/c1-16-13(22)11-8(5-10(14)20-21-11)19-12-9(24(3,23)17-2)4-7(15)6-18-12/h4-6H,1-3H3,(H,16,22)(H,18,19,20). The monoisotopic (exact) mass is 372 g/mol. The van der Waals surface area contributed by atoms with E-state index < -0.39 is 21.5 Å². The third-order valence-electron chi connectivity index (χ3n) is 3.04. The lowest BCUT2D eigenvalue weighted by atomic mass is 10.3. The zero-order valence-electron chi connectivity index (χ0n) is 13.0. The predicted molar refractivity (Wildman–Crippen MR) is 88.6 cm³/mol. The van der Waals surface area contributed by atoms with Gasteiger partial charge in [-0.1, -0.05) is 11.6 Å². The number of nitrogens with one attached hydrogen (secondary N) is 2. The molecule has 24 heavy (non-hydrogen) atoms. The van der Waals surface area contributed by atoms with Crippen LogP contribution in [0, 0.1) is 5.82 Å². The Morgan fingerprint density at radius 2 is 2.08 bits per heavy atom. The van der Waals surface area contributed by atoms with Crippen LogP contribution < -0.4 is 10.6 Å². The summed E-state index contributed by atoms with van der Waals surface area (Å²) < 4.78 is 29.8. The lowest BCUT2D eigenvalue weighted by molar-refractivity contribution is 0.0958. The second-order valence-corrected chi connectivity index (χ2v) is 7.42. The second kappa shape index (κ2) is 7.05. The first-order valence-electron chi connectivity index (χ1n) is 6.56. The minimum atomic E-state index is -2.88. The van der Waals surface area contributed by atoms with Gasteiger partial charge in [-0.05, 0) is 6.07 Å². The molecule has 128 valence electrons. The fraction of sp³-hybridized carbons (Fsp3) is 0.231. The van der Waals surface area contributed by atoms with Crippen LogP contribution >= 0.6 is 11.6 Å². The molecule has 1 atom stereocenters. The molecule has 0 aliphatic heterocycles. The number of pyridine rings is 1. The molecule has 2 aromatic rings. The number of halogens is 2. The number of anilines is 2. The first kappa shape index (κ1) is 18.0. The third kappa shape index (κ3) is 3.77. The maximum absolute atomic E-state index is 13.5. The Bertz CT molecular complexity index is 913. The van der Waals surface area contributed by atoms with Crippen molar-refractivity contribution in [3.8, 4) is 0 Å². The molecule has 0 saturated heterocycles. The lowest BCUT2D eigenvalue weighted by Crippen LogP contribution is -2.21. The predicted octanol–water partition coefficient (Wildman–Crippen LogP) is 1.85. The first-order chi connectivity index (χ1) is 11.3. The molecule has 0 aliphatic carbocycles. The number of carbonyl (C=O) groups excluding carboxylic acids is 1. The van der Waals surface area contributed by atoms with Gasteiger partial charge < -0.3 is 10.6 Å². The molecule has 0 saturated carbocycles. The van der Waals surface area contributed by atoms with Gasteiger partial charge in [-0.25, -0.2) is 17.9 Å². The number of aromatic nitrogens is 3. The number of hydrogen-bond acceptors (Lipinski definition) is 7. The zero-order valence-corrected chi connectivity index (χ0v) is 14.6. The van der Waals surface area contributed by atoms with E-state index in [9.17, 15) is 13.4 Å². The maximum atomic E-state index is 13.5. The van der Waals surface area contributed by atoms with E-state index in [1.54, 1.807) is 0 Å². The Morgan fingerprint density at radius 1 is 1.38 bits per heavy atom. The smallest absolute Gasteiger partial charge is 0.273 e. The molecule has 2 N–H and O–H groups in total. The van der Waals surface area contributed by atoms with E-state index in [0.29, 0.717) is 0 Å². The molecule has 0 aliphatic rings. The number of rotatable bonds is 4. The highest BCUT2D eigenvalue weighted by atomic mass is 35.5. The Kier molecular flexibility index (Phi) is 5.30. The molecule has 2 heterocycles. The van der Waals surface area contributed by atoms with Crippen molar-refractivity contribution in [1.29, 1.82) is 0 Å².